The van der Waals surface area contributed by atoms with Gasteiger partial charge in [-0.1, -0.05) is 18.7 Å². The predicted molar refractivity (Wildman–Crippen MR) is 92.1 cm³/mol. The zero-order valence-corrected chi connectivity index (χ0v) is 13.7. The van der Waals surface area contributed by atoms with E-state index in [9.17, 15) is 9.59 Å². The van der Waals surface area contributed by atoms with Crippen LogP contribution in [0.4, 0.5) is 5.69 Å². The largest absolute Gasteiger partial charge is 0.378 e. The number of rotatable bonds is 4. The highest BCUT2D eigenvalue weighted by Gasteiger charge is 2.30. The lowest BCUT2D eigenvalue weighted by molar-refractivity contribution is -0.114. The summed E-state index contributed by atoms with van der Waals surface area (Å²) in [4.78, 5) is 28.9. The Balaban J connectivity index is 1.94. The zero-order valence-electron chi connectivity index (χ0n) is 13.7. The number of para-hydroxylation sites is 1. The predicted octanol–water partition coefficient (Wildman–Crippen LogP) is 1.04. The summed E-state index contributed by atoms with van der Waals surface area (Å²) in [5.74, 6) is -0.229. The molecular formula is C18H23N3O3. The highest BCUT2D eigenvalue weighted by Crippen LogP contribution is 2.26. The van der Waals surface area contributed by atoms with Crippen molar-refractivity contribution in [1.29, 1.82) is 0 Å². The SMILES string of the molecule is C=CC(=O)N(c1ccccc1C(=O)N1CCOCC1)C1CCNC1. The van der Waals surface area contributed by atoms with Gasteiger partial charge >= 0.3 is 0 Å². The molecule has 2 fully saturated rings. The number of hydrogen-bond acceptors (Lipinski definition) is 4. The van der Waals surface area contributed by atoms with E-state index in [4.69, 9.17) is 4.74 Å². The van der Waals surface area contributed by atoms with Crippen LogP contribution in [0.15, 0.2) is 36.9 Å². The van der Waals surface area contributed by atoms with Gasteiger partial charge in [0.15, 0.2) is 0 Å². The van der Waals surface area contributed by atoms with Crippen LogP contribution in [0.1, 0.15) is 16.8 Å². The second kappa shape index (κ2) is 7.59. The molecule has 1 aromatic carbocycles. The topological polar surface area (TPSA) is 61.9 Å². The quantitative estimate of drug-likeness (QED) is 0.839. The molecule has 1 unspecified atom stereocenters. The van der Waals surface area contributed by atoms with Crippen molar-refractivity contribution in [1.82, 2.24) is 10.2 Å². The summed E-state index contributed by atoms with van der Waals surface area (Å²) in [7, 11) is 0. The van der Waals surface area contributed by atoms with E-state index in [1.807, 2.05) is 18.2 Å². The molecule has 2 amide bonds. The van der Waals surface area contributed by atoms with Crippen LogP contribution >= 0.6 is 0 Å². The third kappa shape index (κ3) is 3.34. The van der Waals surface area contributed by atoms with E-state index in [1.54, 1.807) is 15.9 Å². The van der Waals surface area contributed by atoms with Crippen LogP contribution in [0.2, 0.25) is 0 Å². The van der Waals surface area contributed by atoms with Crippen molar-refractivity contribution >= 4 is 17.5 Å². The smallest absolute Gasteiger partial charge is 0.256 e. The average Bonchev–Trinajstić information content (AvgIpc) is 3.16. The Bertz CT molecular complexity index is 620. The first-order valence-corrected chi connectivity index (χ1v) is 8.34. The van der Waals surface area contributed by atoms with Crippen LogP contribution in [0.5, 0.6) is 0 Å². The minimum Gasteiger partial charge on any atom is -0.378 e. The maximum Gasteiger partial charge on any atom is 0.256 e. The lowest BCUT2D eigenvalue weighted by atomic mass is 10.1. The van der Waals surface area contributed by atoms with Crippen molar-refractivity contribution in [3.8, 4) is 0 Å². The van der Waals surface area contributed by atoms with E-state index in [-0.39, 0.29) is 17.9 Å². The van der Waals surface area contributed by atoms with Crippen molar-refractivity contribution in [2.45, 2.75) is 12.5 Å². The summed E-state index contributed by atoms with van der Waals surface area (Å²) in [5.41, 5.74) is 1.22. The van der Waals surface area contributed by atoms with Gasteiger partial charge in [-0.2, -0.15) is 0 Å². The maximum atomic E-state index is 12.9. The van der Waals surface area contributed by atoms with Gasteiger partial charge in [0.2, 0.25) is 0 Å². The number of amides is 2. The number of morpholine rings is 1. The van der Waals surface area contributed by atoms with E-state index in [1.165, 1.54) is 6.08 Å². The van der Waals surface area contributed by atoms with E-state index in [0.717, 1.165) is 19.5 Å². The summed E-state index contributed by atoms with van der Waals surface area (Å²) < 4.78 is 5.32. The Morgan fingerprint density at radius 2 is 2.04 bits per heavy atom. The number of carbonyl (C=O) groups is 2. The molecular weight excluding hydrogens is 306 g/mol. The van der Waals surface area contributed by atoms with Crippen LogP contribution in [0.3, 0.4) is 0 Å². The van der Waals surface area contributed by atoms with Gasteiger partial charge in [-0.15, -0.1) is 0 Å². The monoisotopic (exact) mass is 329 g/mol. The van der Waals surface area contributed by atoms with Crippen LogP contribution in [0, 0.1) is 0 Å². The fourth-order valence-corrected chi connectivity index (χ4v) is 3.25. The molecule has 24 heavy (non-hydrogen) atoms. The van der Waals surface area contributed by atoms with Gasteiger partial charge in [-0.25, -0.2) is 0 Å². The van der Waals surface area contributed by atoms with Gasteiger partial charge in [-0.3, -0.25) is 9.59 Å². The normalized spacial score (nSPS) is 20.7. The highest BCUT2D eigenvalue weighted by molar-refractivity contribution is 6.08. The summed E-state index contributed by atoms with van der Waals surface area (Å²) in [6.07, 6.45) is 2.17. The summed E-state index contributed by atoms with van der Waals surface area (Å²) in [6, 6.07) is 7.36. The van der Waals surface area contributed by atoms with E-state index in [0.29, 0.717) is 37.6 Å². The Labute approximate surface area is 142 Å². The number of ether oxygens (including phenoxy) is 1. The molecule has 0 radical (unpaired) electrons. The van der Waals surface area contributed by atoms with Crippen molar-refractivity contribution in [3.05, 3.63) is 42.5 Å². The molecule has 3 rings (SSSR count). The molecule has 0 aromatic heterocycles. The van der Waals surface area contributed by atoms with Gasteiger partial charge in [0.05, 0.1) is 30.5 Å². The minimum absolute atomic E-state index is 0.0362. The summed E-state index contributed by atoms with van der Waals surface area (Å²) in [5, 5.41) is 3.27. The fourth-order valence-electron chi connectivity index (χ4n) is 3.25. The van der Waals surface area contributed by atoms with Crippen LogP contribution in [0.25, 0.3) is 0 Å². The van der Waals surface area contributed by atoms with E-state index in [2.05, 4.69) is 11.9 Å². The van der Waals surface area contributed by atoms with Crippen molar-refractivity contribution < 1.29 is 14.3 Å². The number of nitrogens with zero attached hydrogens (tertiary/aromatic N) is 2. The van der Waals surface area contributed by atoms with E-state index < -0.39 is 0 Å². The zero-order chi connectivity index (χ0) is 16.9. The molecule has 0 spiro atoms. The number of anilines is 1. The van der Waals surface area contributed by atoms with Gasteiger partial charge in [-0.05, 0) is 31.2 Å². The molecule has 1 aromatic rings. The minimum atomic E-state index is -0.175. The van der Waals surface area contributed by atoms with Crippen molar-refractivity contribution in [2.75, 3.05) is 44.3 Å². The molecule has 0 bridgehead atoms. The standard InChI is InChI=1S/C18H23N3O3/c1-2-17(22)21(14-7-8-19-13-14)16-6-4-3-5-15(16)18(23)20-9-11-24-12-10-20/h2-6,14,19H,1,7-13H2. The molecule has 2 heterocycles. The Morgan fingerprint density at radius 1 is 1.29 bits per heavy atom. The first-order valence-electron chi connectivity index (χ1n) is 8.34. The van der Waals surface area contributed by atoms with Crippen LogP contribution in [-0.4, -0.2) is 62.1 Å². The first-order chi connectivity index (χ1) is 11.7. The van der Waals surface area contributed by atoms with Gasteiger partial charge < -0.3 is 19.9 Å². The van der Waals surface area contributed by atoms with Crippen molar-refractivity contribution in [3.63, 3.8) is 0 Å². The second-order valence-corrected chi connectivity index (χ2v) is 5.98. The van der Waals surface area contributed by atoms with Gasteiger partial charge in [0, 0.05) is 19.6 Å². The molecule has 0 aliphatic carbocycles. The maximum absolute atomic E-state index is 12.9. The van der Waals surface area contributed by atoms with Crippen molar-refractivity contribution in [2.24, 2.45) is 0 Å². The van der Waals surface area contributed by atoms with Crippen LogP contribution < -0.4 is 10.2 Å². The molecule has 6 heteroatoms. The third-order valence-electron chi connectivity index (χ3n) is 4.50. The molecule has 2 aliphatic heterocycles. The molecule has 2 aliphatic rings. The Hall–Kier alpha value is -2.18. The number of hydrogen-bond donors (Lipinski definition) is 1. The summed E-state index contributed by atoms with van der Waals surface area (Å²) in [6.45, 7) is 7.46. The molecule has 2 saturated heterocycles. The fraction of sp³-hybridized carbons (Fsp3) is 0.444. The lowest BCUT2D eigenvalue weighted by Gasteiger charge is -2.32. The number of nitrogens with one attached hydrogen (secondary N) is 1. The molecule has 128 valence electrons. The van der Waals surface area contributed by atoms with Gasteiger partial charge in [0.1, 0.15) is 0 Å². The highest BCUT2D eigenvalue weighted by atomic mass is 16.5. The molecule has 1 atom stereocenters. The Kier molecular flexibility index (Phi) is 5.27. The third-order valence-corrected chi connectivity index (χ3v) is 4.50. The first kappa shape index (κ1) is 16.7. The number of carbonyl (C=O) groups excluding carboxylic acids is 2. The molecule has 1 N–H and O–H groups in total. The summed E-state index contributed by atoms with van der Waals surface area (Å²) >= 11 is 0. The average molecular weight is 329 g/mol. The van der Waals surface area contributed by atoms with E-state index >= 15 is 0 Å². The number of benzene rings is 1. The lowest BCUT2D eigenvalue weighted by Crippen LogP contribution is -2.44. The van der Waals surface area contributed by atoms with Gasteiger partial charge in [0.25, 0.3) is 11.8 Å². The molecule has 6 nitrogen and oxygen atoms in total. The molecule has 0 saturated carbocycles. The second-order valence-electron chi connectivity index (χ2n) is 5.98. The Morgan fingerprint density at radius 3 is 2.71 bits per heavy atom. The van der Waals surface area contributed by atoms with Crippen LogP contribution in [-0.2, 0) is 9.53 Å².